The van der Waals surface area contributed by atoms with Gasteiger partial charge in [-0.3, -0.25) is 0 Å². The van der Waals surface area contributed by atoms with Crippen LogP contribution in [0.1, 0.15) is 0 Å². The summed E-state index contributed by atoms with van der Waals surface area (Å²) in [5, 5.41) is 7.00. The highest BCUT2D eigenvalue weighted by Gasteiger charge is 2.20. The van der Waals surface area contributed by atoms with Gasteiger partial charge in [0, 0.05) is 54.7 Å². The summed E-state index contributed by atoms with van der Waals surface area (Å²) < 4.78 is 11.3. The van der Waals surface area contributed by atoms with Gasteiger partial charge in [-0.05, 0) is 65.7 Å². The molecule has 0 saturated carbocycles. The standard InChI is InChI=1S/C57H35N5O/c1-3-15-36(16-4-1)55-58-56(37-17-5-2-6-18-37)60-57(59-55)40-19-13-20-41(33-40)61-48-25-10-7-21-42(48)44-31-29-39(35-52(44)61)38-30-32-50-47(34-38)43-22-8-11-26-49(43)62(50)51-27-14-24-46-45-23-9-12-28-53(45)63-54(46)51/h1-35H. The van der Waals surface area contributed by atoms with Gasteiger partial charge in [-0.1, -0.05) is 158 Å². The van der Waals surface area contributed by atoms with E-state index in [2.05, 4.69) is 149 Å². The molecule has 4 aromatic heterocycles. The normalized spacial score (nSPS) is 11.8. The fraction of sp³-hybridized carbons (Fsp3) is 0. The maximum absolute atomic E-state index is 6.56. The zero-order valence-corrected chi connectivity index (χ0v) is 33.9. The quantitative estimate of drug-likeness (QED) is 0.168. The molecule has 0 saturated heterocycles. The van der Waals surface area contributed by atoms with Crippen molar-refractivity contribution in [2.24, 2.45) is 0 Å². The lowest BCUT2D eigenvalue weighted by molar-refractivity contribution is 0.666. The predicted molar refractivity (Wildman–Crippen MR) is 258 cm³/mol. The van der Waals surface area contributed by atoms with E-state index < -0.39 is 0 Å². The van der Waals surface area contributed by atoms with Crippen molar-refractivity contribution >= 4 is 65.6 Å². The lowest BCUT2D eigenvalue weighted by atomic mass is 10.0. The largest absolute Gasteiger partial charge is 0.454 e. The van der Waals surface area contributed by atoms with Crippen molar-refractivity contribution in [2.75, 3.05) is 0 Å². The molecule has 0 unspecified atom stereocenters. The molecule has 0 aliphatic heterocycles. The van der Waals surface area contributed by atoms with E-state index in [-0.39, 0.29) is 0 Å². The number of fused-ring (bicyclic) bond motifs is 9. The molecule has 0 N–H and O–H groups in total. The van der Waals surface area contributed by atoms with Crippen molar-refractivity contribution in [2.45, 2.75) is 0 Å². The van der Waals surface area contributed by atoms with E-state index in [4.69, 9.17) is 19.4 Å². The first-order valence-corrected chi connectivity index (χ1v) is 21.2. The summed E-state index contributed by atoms with van der Waals surface area (Å²) >= 11 is 0. The van der Waals surface area contributed by atoms with Crippen LogP contribution < -0.4 is 0 Å². The average molecular weight is 806 g/mol. The SMILES string of the molecule is c1ccc(-c2nc(-c3ccccc3)nc(-c3cccc(-n4c5ccccc5c5ccc(-c6ccc7c(c6)c6ccccc6n7-c6cccc7c6oc6ccccc67)cc54)c3)n2)cc1. The van der Waals surface area contributed by atoms with Crippen molar-refractivity contribution in [3.63, 3.8) is 0 Å². The summed E-state index contributed by atoms with van der Waals surface area (Å²) in [4.78, 5) is 15.0. The van der Waals surface area contributed by atoms with Gasteiger partial charge >= 0.3 is 0 Å². The van der Waals surface area contributed by atoms with Gasteiger partial charge in [0.1, 0.15) is 5.58 Å². The van der Waals surface area contributed by atoms with Gasteiger partial charge < -0.3 is 13.6 Å². The van der Waals surface area contributed by atoms with E-state index >= 15 is 0 Å². The lowest BCUT2D eigenvalue weighted by Crippen LogP contribution is -2.01. The third kappa shape index (κ3) is 5.62. The van der Waals surface area contributed by atoms with Crippen molar-refractivity contribution in [3.05, 3.63) is 212 Å². The maximum atomic E-state index is 6.56. The van der Waals surface area contributed by atoms with Gasteiger partial charge in [0.25, 0.3) is 0 Å². The molecule has 0 bridgehead atoms. The minimum Gasteiger partial charge on any atom is -0.454 e. The summed E-state index contributed by atoms with van der Waals surface area (Å²) in [6.45, 7) is 0. The molecular formula is C57H35N5O. The van der Waals surface area contributed by atoms with Gasteiger partial charge in [-0.25, -0.2) is 15.0 Å². The van der Waals surface area contributed by atoms with Crippen molar-refractivity contribution in [1.29, 1.82) is 0 Å². The van der Waals surface area contributed by atoms with Gasteiger partial charge in [0.15, 0.2) is 23.1 Å². The molecule has 0 amide bonds. The Kier molecular flexibility index (Phi) is 7.80. The number of aromatic nitrogens is 5. The second kappa shape index (κ2) is 14.0. The third-order valence-electron chi connectivity index (χ3n) is 12.4. The highest BCUT2D eigenvalue weighted by atomic mass is 16.3. The van der Waals surface area contributed by atoms with E-state index in [0.29, 0.717) is 17.5 Å². The van der Waals surface area contributed by atoms with Crippen LogP contribution in [-0.4, -0.2) is 24.1 Å². The smallest absolute Gasteiger partial charge is 0.164 e. The van der Waals surface area contributed by atoms with Crippen LogP contribution in [0.15, 0.2) is 217 Å². The van der Waals surface area contributed by atoms with E-state index in [1.54, 1.807) is 0 Å². The van der Waals surface area contributed by atoms with E-state index in [0.717, 1.165) is 83.2 Å². The first-order valence-electron chi connectivity index (χ1n) is 21.2. The molecule has 0 atom stereocenters. The number of furan rings is 1. The lowest BCUT2D eigenvalue weighted by Gasteiger charge is -2.12. The second-order valence-electron chi connectivity index (χ2n) is 16.0. The number of benzene rings is 9. The number of hydrogen-bond donors (Lipinski definition) is 0. The Morgan fingerprint density at radius 3 is 1.57 bits per heavy atom. The van der Waals surface area contributed by atoms with Gasteiger partial charge in [-0.15, -0.1) is 0 Å². The number of nitrogens with zero attached hydrogens (tertiary/aromatic N) is 5. The summed E-state index contributed by atoms with van der Waals surface area (Å²) in [5.41, 5.74) is 13.4. The van der Waals surface area contributed by atoms with Crippen molar-refractivity contribution in [3.8, 4) is 56.7 Å². The first-order chi connectivity index (χ1) is 31.2. The van der Waals surface area contributed by atoms with Crippen LogP contribution in [0.5, 0.6) is 0 Å². The zero-order chi connectivity index (χ0) is 41.4. The predicted octanol–water partition coefficient (Wildman–Crippen LogP) is 14.6. The van der Waals surface area contributed by atoms with Crippen LogP contribution in [0.25, 0.3) is 122 Å². The van der Waals surface area contributed by atoms with Gasteiger partial charge in [0.2, 0.25) is 0 Å². The Labute approximate surface area is 361 Å². The third-order valence-corrected chi connectivity index (χ3v) is 12.4. The Hall–Kier alpha value is -8.61. The topological polar surface area (TPSA) is 61.7 Å². The van der Waals surface area contributed by atoms with Crippen molar-refractivity contribution in [1.82, 2.24) is 24.1 Å². The number of para-hydroxylation sites is 4. The van der Waals surface area contributed by atoms with E-state index in [9.17, 15) is 0 Å². The first kappa shape index (κ1) is 35.2. The summed E-state index contributed by atoms with van der Waals surface area (Å²) in [5.74, 6) is 1.89. The molecule has 0 radical (unpaired) electrons. The molecule has 13 aromatic rings. The monoisotopic (exact) mass is 805 g/mol. The fourth-order valence-corrected chi connectivity index (χ4v) is 9.47. The van der Waals surface area contributed by atoms with Crippen LogP contribution >= 0.6 is 0 Å². The van der Waals surface area contributed by atoms with Crippen LogP contribution in [0, 0.1) is 0 Å². The highest BCUT2D eigenvalue weighted by molar-refractivity contribution is 6.14. The molecule has 0 fully saturated rings. The Balaban J connectivity index is 0.967. The molecular weight excluding hydrogens is 771 g/mol. The molecule has 9 aromatic carbocycles. The van der Waals surface area contributed by atoms with Crippen LogP contribution in [0.3, 0.4) is 0 Å². The second-order valence-corrected chi connectivity index (χ2v) is 16.0. The molecule has 6 nitrogen and oxygen atoms in total. The van der Waals surface area contributed by atoms with Crippen LogP contribution in [0.2, 0.25) is 0 Å². The number of rotatable bonds is 6. The minimum atomic E-state index is 0.620. The summed E-state index contributed by atoms with van der Waals surface area (Å²) in [6, 6.07) is 74.5. The van der Waals surface area contributed by atoms with Gasteiger partial charge in [-0.2, -0.15) is 0 Å². The molecule has 0 spiro atoms. The van der Waals surface area contributed by atoms with Gasteiger partial charge in [0.05, 0.1) is 27.8 Å². The highest BCUT2D eigenvalue weighted by Crippen LogP contribution is 2.41. The summed E-state index contributed by atoms with van der Waals surface area (Å²) in [6.07, 6.45) is 0. The maximum Gasteiger partial charge on any atom is 0.164 e. The molecule has 0 aliphatic carbocycles. The molecule has 63 heavy (non-hydrogen) atoms. The minimum absolute atomic E-state index is 0.620. The Bertz CT molecular complexity index is 3860. The molecule has 6 heteroatoms. The van der Waals surface area contributed by atoms with Crippen LogP contribution in [-0.2, 0) is 0 Å². The fourth-order valence-electron chi connectivity index (χ4n) is 9.47. The zero-order valence-electron chi connectivity index (χ0n) is 33.9. The Morgan fingerprint density at radius 1 is 0.302 bits per heavy atom. The average Bonchev–Trinajstić information content (AvgIpc) is 4.02. The van der Waals surface area contributed by atoms with E-state index in [1.807, 2.05) is 72.8 Å². The Morgan fingerprint density at radius 2 is 0.825 bits per heavy atom. The molecule has 0 aliphatic rings. The molecule has 4 heterocycles. The van der Waals surface area contributed by atoms with E-state index in [1.165, 1.54) is 21.5 Å². The molecule has 294 valence electrons. The molecule has 13 rings (SSSR count). The summed E-state index contributed by atoms with van der Waals surface area (Å²) in [7, 11) is 0. The van der Waals surface area contributed by atoms with Crippen molar-refractivity contribution < 1.29 is 4.42 Å². The van der Waals surface area contributed by atoms with Crippen LogP contribution in [0.4, 0.5) is 0 Å². The number of hydrogen-bond acceptors (Lipinski definition) is 4.